The van der Waals surface area contributed by atoms with Gasteiger partial charge in [-0.3, -0.25) is 4.79 Å². The van der Waals surface area contributed by atoms with Crippen LogP contribution in [0.3, 0.4) is 0 Å². The fourth-order valence-corrected chi connectivity index (χ4v) is 3.94. The molecule has 1 unspecified atom stereocenters. The summed E-state index contributed by atoms with van der Waals surface area (Å²) in [5, 5.41) is 9.00. The first-order valence-corrected chi connectivity index (χ1v) is 10.0. The van der Waals surface area contributed by atoms with Crippen LogP contribution < -0.4 is 4.72 Å². The van der Waals surface area contributed by atoms with Gasteiger partial charge in [-0.1, -0.05) is 22.0 Å². The highest BCUT2D eigenvalue weighted by Gasteiger charge is 2.26. The average Bonchev–Trinajstić information content (AvgIpc) is 2.33. The molecule has 0 fully saturated rings. The van der Waals surface area contributed by atoms with E-state index >= 15 is 0 Å². The van der Waals surface area contributed by atoms with Crippen molar-refractivity contribution in [2.24, 2.45) is 0 Å². The van der Waals surface area contributed by atoms with Gasteiger partial charge in [-0.25, -0.2) is 16.8 Å². The minimum absolute atomic E-state index is 0.109. The maximum atomic E-state index is 12.1. The maximum absolute atomic E-state index is 12.1. The van der Waals surface area contributed by atoms with Crippen LogP contribution in [0.15, 0.2) is 33.6 Å². The van der Waals surface area contributed by atoms with Gasteiger partial charge in [0.1, 0.15) is 15.9 Å². The van der Waals surface area contributed by atoms with Gasteiger partial charge >= 0.3 is 5.97 Å². The largest absolute Gasteiger partial charge is 0.480 e. The Hall–Kier alpha value is -0.970. The molecule has 1 atom stereocenters. The second kappa shape index (κ2) is 6.86. The van der Waals surface area contributed by atoms with Crippen molar-refractivity contribution >= 4 is 41.8 Å². The summed E-state index contributed by atoms with van der Waals surface area (Å²) in [7, 11) is -7.44. The van der Waals surface area contributed by atoms with Gasteiger partial charge in [0, 0.05) is 10.7 Å². The number of hydrogen-bond donors (Lipinski definition) is 2. The first-order chi connectivity index (χ1) is 9.51. The predicted octanol–water partition coefficient (Wildman–Crippen LogP) is 0.615. The van der Waals surface area contributed by atoms with E-state index in [2.05, 4.69) is 15.9 Å². The number of rotatable bonds is 7. The maximum Gasteiger partial charge on any atom is 0.321 e. The van der Waals surface area contributed by atoms with E-state index in [1.165, 1.54) is 18.2 Å². The Balaban J connectivity index is 2.95. The van der Waals surface area contributed by atoms with Crippen LogP contribution in [0.2, 0.25) is 0 Å². The van der Waals surface area contributed by atoms with E-state index in [1.807, 2.05) is 4.72 Å². The molecule has 0 radical (unpaired) electrons. The molecule has 0 amide bonds. The van der Waals surface area contributed by atoms with Gasteiger partial charge in [0.15, 0.2) is 0 Å². The van der Waals surface area contributed by atoms with Gasteiger partial charge in [-0.15, -0.1) is 0 Å². The molecule has 0 aliphatic heterocycles. The Morgan fingerprint density at radius 1 is 1.33 bits per heavy atom. The zero-order valence-electron chi connectivity index (χ0n) is 11.0. The van der Waals surface area contributed by atoms with Crippen molar-refractivity contribution in [2.45, 2.75) is 17.4 Å². The average molecular weight is 400 g/mol. The lowest BCUT2D eigenvalue weighted by atomic mass is 10.2. The zero-order valence-corrected chi connectivity index (χ0v) is 14.2. The quantitative estimate of drug-likeness (QED) is 0.693. The van der Waals surface area contributed by atoms with Crippen LogP contribution in [0.5, 0.6) is 0 Å². The Bertz CT molecular complexity index is 729. The molecule has 0 spiro atoms. The summed E-state index contributed by atoms with van der Waals surface area (Å²) in [4.78, 5) is 11.0. The number of aliphatic carboxylic acids is 1. The molecule has 0 saturated heterocycles. The molecule has 0 saturated carbocycles. The Morgan fingerprint density at radius 3 is 2.43 bits per heavy atom. The number of hydrogen-bond acceptors (Lipinski definition) is 5. The van der Waals surface area contributed by atoms with E-state index in [4.69, 9.17) is 5.11 Å². The van der Waals surface area contributed by atoms with E-state index in [0.717, 1.165) is 6.26 Å². The number of halogens is 1. The van der Waals surface area contributed by atoms with E-state index in [-0.39, 0.29) is 11.3 Å². The summed E-state index contributed by atoms with van der Waals surface area (Å²) in [5.41, 5.74) is 0. The van der Waals surface area contributed by atoms with E-state index in [1.54, 1.807) is 6.07 Å². The van der Waals surface area contributed by atoms with Crippen LogP contribution in [0.4, 0.5) is 0 Å². The molecule has 1 rings (SSSR count). The van der Waals surface area contributed by atoms with Crippen LogP contribution in [0.1, 0.15) is 6.42 Å². The number of benzene rings is 1. The number of nitrogens with one attached hydrogen (secondary N) is 1. The van der Waals surface area contributed by atoms with Crippen molar-refractivity contribution in [3.63, 3.8) is 0 Å². The molecule has 2 N–H and O–H groups in total. The van der Waals surface area contributed by atoms with Crippen LogP contribution in [0.25, 0.3) is 0 Å². The fourth-order valence-electron chi connectivity index (χ4n) is 1.45. The van der Waals surface area contributed by atoms with Gasteiger partial charge in [0.2, 0.25) is 10.0 Å². The molecule has 1 aromatic rings. The molecule has 10 heteroatoms. The molecule has 0 bridgehead atoms. The fraction of sp³-hybridized carbons (Fsp3) is 0.364. The molecule has 7 nitrogen and oxygen atoms in total. The summed E-state index contributed by atoms with van der Waals surface area (Å²) in [6.45, 7) is 0. The number of sulfonamides is 1. The molecule has 0 heterocycles. The normalized spacial score (nSPS) is 13.8. The SMILES string of the molecule is CS(=O)(=O)CCC(NS(=O)(=O)c1cccc(Br)c1)C(=O)O. The Kier molecular flexibility index (Phi) is 5.91. The summed E-state index contributed by atoms with van der Waals surface area (Å²) >= 11 is 3.12. The minimum atomic E-state index is -4.05. The van der Waals surface area contributed by atoms with Crippen molar-refractivity contribution in [2.75, 3.05) is 12.0 Å². The molecule has 21 heavy (non-hydrogen) atoms. The Labute approximate surface area is 131 Å². The molecule has 0 aliphatic carbocycles. The van der Waals surface area contributed by atoms with E-state index < -0.39 is 37.6 Å². The lowest BCUT2D eigenvalue weighted by Crippen LogP contribution is -2.41. The third kappa shape index (κ3) is 6.12. The lowest BCUT2D eigenvalue weighted by Gasteiger charge is -2.14. The van der Waals surface area contributed by atoms with E-state index in [9.17, 15) is 21.6 Å². The van der Waals surface area contributed by atoms with Crippen LogP contribution in [-0.2, 0) is 24.7 Å². The van der Waals surface area contributed by atoms with Crippen LogP contribution in [-0.4, -0.2) is 46.0 Å². The second-order valence-electron chi connectivity index (χ2n) is 4.39. The minimum Gasteiger partial charge on any atom is -0.480 e. The molecule has 0 aliphatic rings. The van der Waals surface area contributed by atoms with Crippen molar-refractivity contribution < 1.29 is 26.7 Å². The summed E-state index contributed by atoms with van der Waals surface area (Å²) in [5.74, 6) is -1.86. The number of carboxylic acid groups (broad SMARTS) is 1. The van der Waals surface area contributed by atoms with Gasteiger partial charge in [-0.05, 0) is 24.6 Å². The highest BCUT2D eigenvalue weighted by atomic mass is 79.9. The third-order valence-electron chi connectivity index (χ3n) is 2.48. The number of sulfone groups is 1. The van der Waals surface area contributed by atoms with Crippen molar-refractivity contribution in [1.82, 2.24) is 4.72 Å². The number of carbonyl (C=O) groups is 1. The highest BCUT2D eigenvalue weighted by molar-refractivity contribution is 9.10. The van der Waals surface area contributed by atoms with Crippen molar-refractivity contribution in [3.05, 3.63) is 28.7 Å². The first-order valence-electron chi connectivity index (χ1n) is 5.70. The van der Waals surface area contributed by atoms with Crippen molar-refractivity contribution in [3.8, 4) is 0 Å². The van der Waals surface area contributed by atoms with Gasteiger partial charge < -0.3 is 5.11 Å². The predicted molar refractivity (Wildman–Crippen MR) is 80.2 cm³/mol. The first kappa shape index (κ1) is 18.1. The van der Waals surface area contributed by atoms with Gasteiger partial charge in [0.25, 0.3) is 0 Å². The lowest BCUT2D eigenvalue weighted by molar-refractivity contribution is -0.139. The monoisotopic (exact) mass is 399 g/mol. The molecule has 1 aromatic carbocycles. The summed E-state index contributed by atoms with van der Waals surface area (Å²) < 4.78 is 48.8. The third-order valence-corrected chi connectivity index (χ3v) is 5.42. The van der Waals surface area contributed by atoms with E-state index in [0.29, 0.717) is 4.47 Å². The topological polar surface area (TPSA) is 118 Å². The summed E-state index contributed by atoms with van der Waals surface area (Å²) in [6.07, 6.45) is 0.607. The van der Waals surface area contributed by atoms with Gasteiger partial charge in [0.05, 0.1) is 10.6 Å². The summed E-state index contributed by atoms with van der Waals surface area (Å²) in [6, 6.07) is 4.23. The van der Waals surface area contributed by atoms with Crippen molar-refractivity contribution in [1.29, 1.82) is 0 Å². The standard InChI is InChI=1S/C11H14BrNO6S2/c1-20(16,17)6-5-10(11(14)15)13-21(18,19)9-4-2-3-8(12)7-9/h2-4,7,10,13H,5-6H2,1H3,(H,14,15). The smallest absolute Gasteiger partial charge is 0.321 e. The van der Waals surface area contributed by atoms with Gasteiger partial charge in [-0.2, -0.15) is 4.72 Å². The van der Waals surface area contributed by atoms with Crippen LogP contribution >= 0.6 is 15.9 Å². The Morgan fingerprint density at radius 2 is 1.95 bits per heavy atom. The molecular weight excluding hydrogens is 386 g/mol. The zero-order chi connectivity index (χ0) is 16.3. The molecule has 0 aromatic heterocycles. The second-order valence-corrected chi connectivity index (χ2v) is 9.28. The highest BCUT2D eigenvalue weighted by Crippen LogP contribution is 2.16. The number of carboxylic acids is 1. The molecular formula is C11H14BrNO6S2. The van der Waals surface area contributed by atoms with Crippen LogP contribution in [0, 0.1) is 0 Å². The molecule has 118 valence electrons.